The monoisotopic (exact) mass is 334 g/mol. The number of hydrogen-bond donors (Lipinski definition) is 2. The van der Waals surface area contributed by atoms with Gasteiger partial charge >= 0.3 is 0 Å². The van der Waals surface area contributed by atoms with Crippen molar-refractivity contribution in [3.63, 3.8) is 0 Å². The molecule has 3 N–H and O–H groups in total. The van der Waals surface area contributed by atoms with E-state index in [2.05, 4.69) is 21.2 Å². The maximum atomic E-state index is 13.4. The maximum absolute atomic E-state index is 13.4. The molecular formula is C12H7BrF4N2. The van der Waals surface area contributed by atoms with Gasteiger partial charge in [0.1, 0.15) is 5.82 Å². The van der Waals surface area contributed by atoms with Crippen LogP contribution in [0.4, 0.5) is 34.6 Å². The van der Waals surface area contributed by atoms with Crippen LogP contribution in [0.1, 0.15) is 0 Å². The van der Waals surface area contributed by atoms with Gasteiger partial charge in [0.05, 0.1) is 21.5 Å². The highest BCUT2D eigenvalue weighted by Crippen LogP contribution is 2.30. The van der Waals surface area contributed by atoms with Crippen LogP contribution < -0.4 is 11.1 Å². The molecule has 0 amide bonds. The first-order valence-electron chi connectivity index (χ1n) is 5.05. The van der Waals surface area contributed by atoms with Gasteiger partial charge in [-0.25, -0.2) is 17.6 Å². The van der Waals surface area contributed by atoms with Crippen LogP contribution in [0.25, 0.3) is 0 Å². The summed E-state index contributed by atoms with van der Waals surface area (Å²) in [4.78, 5) is 0. The molecule has 0 aliphatic heterocycles. The number of nitrogen functional groups attached to an aromatic ring is 1. The molecule has 2 aromatic rings. The van der Waals surface area contributed by atoms with Gasteiger partial charge in [0, 0.05) is 6.07 Å². The molecule has 0 spiro atoms. The normalized spacial score (nSPS) is 10.6. The molecule has 0 atom stereocenters. The second kappa shape index (κ2) is 5.08. The molecule has 0 aliphatic rings. The SMILES string of the molecule is Nc1cc(Br)c(F)cc1Nc1ccc(F)c(F)c1F. The Hall–Kier alpha value is -1.76. The number of nitrogens with two attached hydrogens (primary N) is 1. The van der Waals surface area contributed by atoms with Crippen molar-refractivity contribution in [1.29, 1.82) is 0 Å². The van der Waals surface area contributed by atoms with E-state index in [0.717, 1.165) is 18.2 Å². The molecule has 0 bridgehead atoms. The smallest absolute Gasteiger partial charge is 0.196 e. The molecule has 0 fully saturated rings. The largest absolute Gasteiger partial charge is 0.397 e. The van der Waals surface area contributed by atoms with E-state index < -0.39 is 23.3 Å². The average molecular weight is 335 g/mol. The Labute approximate surface area is 114 Å². The molecule has 0 unspecified atom stereocenters. The molecule has 2 aromatic carbocycles. The van der Waals surface area contributed by atoms with Gasteiger partial charge in [-0.2, -0.15) is 0 Å². The summed E-state index contributed by atoms with van der Waals surface area (Å²) in [6, 6.07) is 4.04. The Balaban J connectivity index is 2.42. The van der Waals surface area contributed by atoms with Crippen molar-refractivity contribution >= 4 is 33.0 Å². The lowest BCUT2D eigenvalue weighted by molar-refractivity contribution is 0.449. The van der Waals surface area contributed by atoms with Crippen LogP contribution in [0.3, 0.4) is 0 Å². The topological polar surface area (TPSA) is 38.0 Å². The molecule has 100 valence electrons. The highest BCUT2D eigenvalue weighted by molar-refractivity contribution is 9.10. The van der Waals surface area contributed by atoms with Crippen LogP contribution in [0.15, 0.2) is 28.7 Å². The van der Waals surface area contributed by atoms with Gasteiger partial charge in [0.15, 0.2) is 17.5 Å². The van der Waals surface area contributed by atoms with Crippen molar-refractivity contribution in [3.05, 3.63) is 52.0 Å². The number of halogens is 5. The lowest BCUT2D eigenvalue weighted by Gasteiger charge is -2.11. The first-order valence-corrected chi connectivity index (χ1v) is 5.84. The molecule has 0 aliphatic carbocycles. The highest BCUT2D eigenvalue weighted by atomic mass is 79.9. The van der Waals surface area contributed by atoms with Gasteiger partial charge in [-0.15, -0.1) is 0 Å². The number of nitrogens with one attached hydrogen (secondary N) is 1. The van der Waals surface area contributed by atoms with Gasteiger partial charge in [-0.05, 0) is 34.1 Å². The van der Waals surface area contributed by atoms with E-state index in [4.69, 9.17) is 5.73 Å². The number of benzene rings is 2. The molecule has 0 heterocycles. The zero-order valence-electron chi connectivity index (χ0n) is 9.28. The van der Waals surface area contributed by atoms with E-state index >= 15 is 0 Å². The summed E-state index contributed by atoms with van der Waals surface area (Å²) in [5, 5.41) is 2.41. The number of rotatable bonds is 2. The molecule has 0 aromatic heterocycles. The molecule has 2 rings (SSSR count). The minimum absolute atomic E-state index is 0.0469. The fourth-order valence-electron chi connectivity index (χ4n) is 1.44. The Bertz CT molecular complexity index is 646. The van der Waals surface area contributed by atoms with Crippen molar-refractivity contribution in [2.24, 2.45) is 0 Å². The Morgan fingerprint density at radius 1 is 0.895 bits per heavy atom. The second-order valence-electron chi connectivity index (χ2n) is 3.70. The Morgan fingerprint density at radius 2 is 1.58 bits per heavy atom. The van der Waals surface area contributed by atoms with Gasteiger partial charge in [0.2, 0.25) is 0 Å². The first-order chi connectivity index (χ1) is 8.90. The van der Waals surface area contributed by atoms with Crippen molar-refractivity contribution in [3.8, 4) is 0 Å². The summed E-state index contributed by atoms with van der Waals surface area (Å²) in [7, 11) is 0. The minimum Gasteiger partial charge on any atom is -0.397 e. The lowest BCUT2D eigenvalue weighted by atomic mass is 10.2. The molecular weight excluding hydrogens is 328 g/mol. The number of hydrogen-bond acceptors (Lipinski definition) is 2. The van der Waals surface area contributed by atoms with Gasteiger partial charge in [-0.3, -0.25) is 0 Å². The lowest BCUT2D eigenvalue weighted by Crippen LogP contribution is -2.02. The predicted molar refractivity (Wildman–Crippen MR) is 68.1 cm³/mol. The standard InChI is InChI=1S/C12H7BrF4N2/c13-5-3-8(18)10(4-7(5)15)19-9-2-1-6(14)11(16)12(9)17/h1-4,19H,18H2. The summed E-state index contributed by atoms with van der Waals surface area (Å²) in [6.07, 6.45) is 0. The molecule has 0 saturated heterocycles. The van der Waals surface area contributed by atoms with E-state index in [-0.39, 0.29) is 21.5 Å². The van der Waals surface area contributed by atoms with E-state index in [1.807, 2.05) is 0 Å². The van der Waals surface area contributed by atoms with Crippen LogP contribution in [0.2, 0.25) is 0 Å². The van der Waals surface area contributed by atoms with Crippen molar-refractivity contribution < 1.29 is 17.6 Å². The fourth-order valence-corrected chi connectivity index (χ4v) is 1.80. The predicted octanol–water partition coefficient (Wildman–Crippen LogP) is 4.33. The van der Waals surface area contributed by atoms with Crippen molar-refractivity contribution in [1.82, 2.24) is 0 Å². The number of anilines is 3. The van der Waals surface area contributed by atoms with E-state index in [1.54, 1.807) is 0 Å². The Kier molecular flexibility index (Phi) is 3.66. The van der Waals surface area contributed by atoms with Gasteiger partial charge < -0.3 is 11.1 Å². The first kappa shape index (κ1) is 13.7. The van der Waals surface area contributed by atoms with Crippen LogP contribution in [0.5, 0.6) is 0 Å². The third-order valence-corrected chi connectivity index (χ3v) is 3.00. The zero-order valence-corrected chi connectivity index (χ0v) is 10.9. The van der Waals surface area contributed by atoms with E-state index in [1.165, 1.54) is 6.07 Å². The van der Waals surface area contributed by atoms with Crippen LogP contribution in [0, 0.1) is 23.3 Å². The summed E-state index contributed by atoms with van der Waals surface area (Å²) >= 11 is 2.93. The van der Waals surface area contributed by atoms with E-state index in [9.17, 15) is 17.6 Å². The summed E-state index contributed by atoms with van der Waals surface area (Å²) < 4.78 is 52.7. The summed E-state index contributed by atoms with van der Waals surface area (Å²) in [5.41, 5.74) is 5.44. The molecule has 19 heavy (non-hydrogen) atoms. The minimum atomic E-state index is -1.61. The van der Waals surface area contributed by atoms with Crippen molar-refractivity contribution in [2.75, 3.05) is 11.1 Å². The van der Waals surface area contributed by atoms with E-state index in [0.29, 0.717) is 0 Å². The highest BCUT2D eigenvalue weighted by Gasteiger charge is 2.15. The van der Waals surface area contributed by atoms with Gasteiger partial charge in [-0.1, -0.05) is 0 Å². The fraction of sp³-hybridized carbons (Fsp3) is 0. The van der Waals surface area contributed by atoms with Crippen LogP contribution in [-0.4, -0.2) is 0 Å². The second-order valence-corrected chi connectivity index (χ2v) is 4.56. The average Bonchev–Trinajstić information content (AvgIpc) is 2.36. The maximum Gasteiger partial charge on any atom is 0.196 e. The Morgan fingerprint density at radius 3 is 2.26 bits per heavy atom. The third-order valence-electron chi connectivity index (χ3n) is 2.40. The molecule has 0 radical (unpaired) electrons. The summed E-state index contributed by atoms with van der Waals surface area (Å²) in [5.74, 6) is -4.94. The quantitative estimate of drug-likeness (QED) is 0.487. The molecule has 7 heteroatoms. The molecule has 0 saturated carbocycles. The van der Waals surface area contributed by atoms with Crippen LogP contribution >= 0.6 is 15.9 Å². The zero-order chi connectivity index (χ0) is 14.2. The van der Waals surface area contributed by atoms with Crippen LogP contribution in [-0.2, 0) is 0 Å². The van der Waals surface area contributed by atoms with Gasteiger partial charge in [0.25, 0.3) is 0 Å². The van der Waals surface area contributed by atoms with Crippen molar-refractivity contribution in [2.45, 2.75) is 0 Å². The molecule has 2 nitrogen and oxygen atoms in total. The third kappa shape index (κ3) is 2.65. The summed E-state index contributed by atoms with van der Waals surface area (Å²) in [6.45, 7) is 0.